The molecule has 4 nitrogen and oxygen atoms in total. The van der Waals surface area contributed by atoms with Gasteiger partial charge in [-0.3, -0.25) is 9.69 Å². The molecule has 1 unspecified atom stereocenters. The van der Waals surface area contributed by atoms with E-state index in [1.54, 1.807) is 0 Å². The molecule has 1 rings (SSSR count). The highest BCUT2D eigenvalue weighted by molar-refractivity contribution is 5.75. The molecule has 0 bridgehead atoms. The molecule has 1 aliphatic heterocycles. The van der Waals surface area contributed by atoms with Gasteiger partial charge in [0.15, 0.2) is 0 Å². The molecule has 0 aromatic carbocycles. The van der Waals surface area contributed by atoms with Crippen LogP contribution in [-0.2, 0) is 9.53 Å². The summed E-state index contributed by atoms with van der Waals surface area (Å²) in [4.78, 5) is 13.6. The maximum Gasteiger partial charge on any atom is 0.323 e. The van der Waals surface area contributed by atoms with E-state index in [-0.39, 0.29) is 12.0 Å². The van der Waals surface area contributed by atoms with E-state index in [4.69, 9.17) is 4.74 Å². The number of hydrogen-bond acceptors (Lipinski definition) is 4. The van der Waals surface area contributed by atoms with Crippen molar-refractivity contribution in [2.45, 2.75) is 32.9 Å². The summed E-state index contributed by atoms with van der Waals surface area (Å²) < 4.78 is 4.99. The minimum absolute atomic E-state index is 0.110. The maximum atomic E-state index is 11.5. The molecule has 1 heterocycles. The number of hydrogen-bond donors (Lipinski definition) is 1. The lowest BCUT2D eigenvalue weighted by molar-refractivity contribution is -0.149. The molecule has 4 heteroatoms. The van der Waals surface area contributed by atoms with Crippen LogP contribution in [0.1, 0.15) is 20.8 Å². The summed E-state index contributed by atoms with van der Waals surface area (Å²) in [5, 5.41) is 3.34. The van der Waals surface area contributed by atoms with Crippen LogP contribution in [0, 0.1) is 0 Å². The molecule has 1 fully saturated rings. The van der Waals surface area contributed by atoms with Crippen molar-refractivity contribution < 1.29 is 9.53 Å². The quantitative estimate of drug-likeness (QED) is 0.662. The van der Waals surface area contributed by atoms with Crippen LogP contribution in [0.3, 0.4) is 0 Å². The first-order chi connectivity index (χ1) is 6.65. The van der Waals surface area contributed by atoms with Gasteiger partial charge in [-0.2, -0.15) is 0 Å². The number of carbonyl (C=O) groups is 1. The number of nitrogens with one attached hydrogen (secondary N) is 1. The Morgan fingerprint density at radius 2 is 2.43 bits per heavy atom. The molecule has 0 aromatic rings. The SMILES string of the molecule is CCOC(=O)C(C)N1CCN[C@@H](C)C1. The lowest BCUT2D eigenvalue weighted by Crippen LogP contribution is -2.54. The van der Waals surface area contributed by atoms with E-state index < -0.39 is 0 Å². The van der Waals surface area contributed by atoms with Gasteiger partial charge in [0.05, 0.1) is 6.61 Å². The van der Waals surface area contributed by atoms with Gasteiger partial charge in [0, 0.05) is 25.7 Å². The molecular weight excluding hydrogens is 180 g/mol. The normalized spacial score (nSPS) is 25.8. The fourth-order valence-electron chi connectivity index (χ4n) is 1.73. The monoisotopic (exact) mass is 200 g/mol. The number of esters is 1. The van der Waals surface area contributed by atoms with Crippen LogP contribution < -0.4 is 5.32 Å². The van der Waals surface area contributed by atoms with Crippen LogP contribution in [-0.4, -0.2) is 49.2 Å². The highest BCUT2D eigenvalue weighted by Gasteiger charge is 2.25. The lowest BCUT2D eigenvalue weighted by Gasteiger charge is -2.34. The van der Waals surface area contributed by atoms with E-state index in [9.17, 15) is 4.79 Å². The summed E-state index contributed by atoms with van der Waals surface area (Å²) in [6, 6.07) is 0.347. The molecule has 0 spiro atoms. The van der Waals surface area contributed by atoms with Crippen LogP contribution in [0.5, 0.6) is 0 Å². The summed E-state index contributed by atoms with van der Waals surface area (Å²) in [6.45, 7) is 9.13. The fourth-order valence-corrected chi connectivity index (χ4v) is 1.73. The van der Waals surface area contributed by atoms with Gasteiger partial charge in [-0.25, -0.2) is 0 Å². The minimum Gasteiger partial charge on any atom is -0.465 e. The van der Waals surface area contributed by atoms with Crippen molar-refractivity contribution >= 4 is 5.97 Å². The summed E-state index contributed by atoms with van der Waals surface area (Å²) in [7, 11) is 0. The number of carbonyl (C=O) groups excluding carboxylic acids is 1. The van der Waals surface area contributed by atoms with Gasteiger partial charge in [-0.1, -0.05) is 0 Å². The van der Waals surface area contributed by atoms with Gasteiger partial charge in [0.25, 0.3) is 0 Å². The Morgan fingerprint density at radius 1 is 1.71 bits per heavy atom. The van der Waals surface area contributed by atoms with Crippen molar-refractivity contribution in [1.82, 2.24) is 10.2 Å². The van der Waals surface area contributed by atoms with Crippen LogP contribution in [0.2, 0.25) is 0 Å². The maximum absolute atomic E-state index is 11.5. The summed E-state index contributed by atoms with van der Waals surface area (Å²) in [6.07, 6.45) is 0. The Balaban J connectivity index is 2.42. The van der Waals surface area contributed by atoms with Crippen molar-refractivity contribution in [2.75, 3.05) is 26.2 Å². The first-order valence-electron chi connectivity index (χ1n) is 5.29. The molecular formula is C10H20N2O2. The molecule has 14 heavy (non-hydrogen) atoms. The zero-order valence-electron chi connectivity index (χ0n) is 9.25. The minimum atomic E-state index is -0.112. The van der Waals surface area contributed by atoms with Gasteiger partial charge in [-0.05, 0) is 20.8 Å². The highest BCUT2D eigenvalue weighted by atomic mass is 16.5. The fraction of sp³-hybridized carbons (Fsp3) is 0.900. The van der Waals surface area contributed by atoms with E-state index in [2.05, 4.69) is 17.1 Å². The van der Waals surface area contributed by atoms with Gasteiger partial charge in [0.1, 0.15) is 6.04 Å². The number of piperazine rings is 1. The first-order valence-corrected chi connectivity index (χ1v) is 5.29. The second-order valence-corrected chi connectivity index (χ2v) is 3.78. The molecule has 82 valence electrons. The van der Waals surface area contributed by atoms with Gasteiger partial charge in [-0.15, -0.1) is 0 Å². The van der Waals surface area contributed by atoms with Gasteiger partial charge in [0.2, 0.25) is 0 Å². The molecule has 0 radical (unpaired) electrons. The van der Waals surface area contributed by atoms with E-state index >= 15 is 0 Å². The second-order valence-electron chi connectivity index (χ2n) is 3.78. The standard InChI is InChI=1S/C10H20N2O2/c1-4-14-10(13)9(3)12-6-5-11-8(2)7-12/h8-9,11H,4-7H2,1-3H3/t8-,9?/m0/s1. The predicted molar refractivity (Wildman–Crippen MR) is 55.1 cm³/mol. The number of rotatable bonds is 3. The predicted octanol–water partition coefficient (Wildman–Crippen LogP) is 0.232. The Labute approximate surface area is 85.6 Å². The molecule has 0 aliphatic carbocycles. The van der Waals surface area contributed by atoms with E-state index in [0.29, 0.717) is 12.6 Å². The molecule has 2 atom stereocenters. The average Bonchev–Trinajstić information content (AvgIpc) is 2.17. The third kappa shape index (κ3) is 2.96. The second kappa shape index (κ2) is 5.32. The van der Waals surface area contributed by atoms with Crippen LogP contribution in [0.4, 0.5) is 0 Å². The average molecular weight is 200 g/mol. The Kier molecular flexibility index (Phi) is 4.35. The van der Waals surface area contributed by atoms with E-state index in [1.807, 2.05) is 13.8 Å². The van der Waals surface area contributed by atoms with Crippen molar-refractivity contribution in [2.24, 2.45) is 0 Å². The van der Waals surface area contributed by atoms with Crippen molar-refractivity contribution in [3.63, 3.8) is 0 Å². The van der Waals surface area contributed by atoms with Gasteiger partial charge >= 0.3 is 5.97 Å². The highest BCUT2D eigenvalue weighted by Crippen LogP contribution is 2.05. The lowest BCUT2D eigenvalue weighted by atomic mass is 10.2. The van der Waals surface area contributed by atoms with Crippen molar-refractivity contribution in [3.8, 4) is 0 Å². The van der Waals surface area contributed by atoms with Gasteiger partial charge < -0.3 is 10.1 Å². The van der Waals surface area contributed by atoms with E-state index in [0.717, 1.165) is 19.6 Å². The van der Waals surface area contributed by atoms with Crippen LogP contribution >= 0.6 is 0 Å². The van der Waals surface area contributed by atoms with Crippen molar-refractivity contribution in [1.29, 1.82) is 0 Å². The zero-order valence-corrected chi connectivity index (χ0v) is 9.25. The number of nitrogens with zero attached hydrogens (tertiary/aromatic N) is 1. The molecule has 1 saturated heterocycles. The topological polar surface area (TPSA) is 41.6 Å². The van der Waals surface area contributed by atoms with Crippen LogP contribution in [0.25, 0.3) is 0 Å². The largest absolute Gasteiger partial charge is 0.465 e. The van der Waals surface area contributed by atoms with Crippen molar-refractivity contribution in [3.05, 3.63) is 0 Å². The molecule has 0 aromatic heterocycles. The molecule has 1 aliphatic rings. The molecule has 0 amide bonds. The summed E-state index contributed by atoms with van der Waals surface area (Å²) >= 11 is 0. The Morgan fingerprint density at radius 3 is 3.00 bits per heavy atom. The Hall–Kier alpha value is -0.610. The van der Waals surface area contributed by atoms with Crippen LogP contribution in [0.15, 0.2) is 0 Å². The third-order valence-electron chi connectivity index (χ3n) is 2.58. The van der Waals surface area contributed by atoms with E-state index in [1.165, 1.54) is 0 Å². The zero-order chi connectivity index (χ0) is 10.6. The first kappa shape index (κ1) is 11.5. The summed E-state index contributed by atoms with van der Waals surface area (Å²) in [5.41, 5.74) is 0. The Bertz CT molecular complexity index is 197. The summed E-state index contributed by atoms with van der Waals surface area (Å²) in [5.74, 6) is -0.110. The number of ether oxygens (including phenoxy) is 1. The smallest absolute Gasteiger partial charge is 0.323 e. The molecule has 1 N–H and O–H groups in total. The third-order valence-corrected chi connectivity index (χ3v) is 2.58. The molecule has 0 saturated carbocycles.